The molecular weight excluding hydrogens is 304 g/mol. The molecule has 0 atom stereocenters. The van der Waals surface area contributed by atoms with Gasteiger partial charge in [-0.05, 0) is 48.7 Å². The third-order valence-electron chi connectivity index (χ3n) is 4.23. The number of anilines is 1. The lowest BCUT2D eigenvalue weighted by atomic mass is 9.89. The molecule has 6 heteroatoms. The summed E-state index contributed by atoms with van der Waals surface area (Å²) >= 11 is 0. The molecule has 6 nitrogen and oxygen atoms in total. The number of carbonyl (C=O) groups is 1. The van der Waals surface area contributed by atoms with E-state index in [1.54, 1.807) is 31.6 Å². The lowest BCUT2D eigenvalue weighted by molar-refractivity contribution is 0.102. The fourth-order valence-electron chi connectivity index (χ4n) is 3.04. The molecule has 120 valence electrons. The highest BCUT2D eigenvalue weighted by Gasteiger charge is 2.25. The maximum Gasteiger partial charge on any atom is 0.274 e. The van der Waals surface area contributed by atoms with Crippen molar-refractivity contribution < 1.29 is 9.53 Å². The van der Waals surface area contributed by atoms with Crippen molar-refractivity contribution in [2.45, 2.75) is 12.8 Å². The van der Waals surface area contributed by atoms with E-state index in [0.29, 0.717) is 11.4 Å². The molecule has 1 aliphatic carbocycles. The predicted octanol–water partition coefficient (Wildman–Crippen LogP) is 2.83. The topological polar surface area (TPSA) is 79.9 Å². The summed E-state index contributed by atoms with van der Waals surface area (Å²) in [5.74, 6) is 0.635. The van der Waals surface area contributed by atoms with E-state index in [-0.39, 0.29) is 5.91 Å². The van der Waals surface area contributed by atoms with Gasteiger partial charge < -0.3 is 10.1 Å². The van der Waals surface area contributed by atoms with Crippen LogP contribution in [0.2, 0.25) is 0 Å². The number of fused-ring (bicyclic) bond motifs is 3. The summed E-state index contributed by atoms with van der Waals surface area (Å²) in [6, 6.07) is 9.52. The molecule has 0 fully saturated rings. The molecule has 0 saturated carbocycles. The summed E-state index contributed by atoms with van der Waals surface area (Å²) in [6.45, 7) is 0. The number of amides is 1. The molecule has 0 bridgehead atoms. The van der Waals surface area contributed by atoms with Gasteiger partial charge in [0.2, 0.25) is 0 Å². The molecule has 1 aromatic carbocycles. The number of pyridine rings is 1. The summed E-state index contributed by atoms with van der Waals surface area (Å²) in [5, 5.41) is 10.1. The molecule has 1 aliphatic rings. The number of aromatic amines is 1. The molecule has 0 aliphatic heterocycles. The maximum atomic E-state index is 12.5. The number of benzene rings is 1. The first-order valence-electron chi connectivity index (χ1n) is 7.72. The van der Waals surface area contributed by atoms with Crippen molar-refractivity contribution in [1.29, 1.82) is 0 Å². The van der Waals surface area contributed by atoms with Gasteiger partial charge in [-0.2, -0.15) is 5.10 Å². The number of aromatic nitrogens is 3. The van der Waals surface area contributed by atoms with Gasteiger partial charge >= 0.3 is 0 Å². The number of methoxy groups -OCH3 is 1. The number of nitrogens with zero attached hydrogens (tertiary/aromatic N) is 2. The largest absolute Gasteiger partial charge is 0.497 e. The number of aryl methyl sites for hydroxylation is 1. The minimum absolute atomic E-state index is 0.200. The van der Waals surface area contributed by atoms with Gasteiger partial charge in [-0.15, -0.1) is 0 Å². The second-order valence-corrected chi connectivity index (χ2v) is 5.64. The van der Waals surface area contributed by atoms with Crippen molar-refractivity contribution in [3.05, 3.63) is 59.5 Å². The molecule has 2 aromatic heterocycles. The lowest BCUT2D eigenvalue weighted by Crippen LogP contribution is -2.15. The van der Waals surface area contributed by atoms with Crippen molar-refractivity contribution in [3.8, 4) is 17.0 Å². The first kappa shape index (κ1) is 14.4. The van der Waals surface area contributed by atoms with Crippen LogP contribution in [-0.2, 0) is 12.8 Å². The van der Waals surface area contributed by atoms with Gasteiger partial charge in [-0.25, -0.2) is 0 Å². The van der Waals surface area contributed by atoms with E-state index in [4.69, 9.17) is 4.74 Å². The average molecular weight is 320 g/mol. The van der Waals surface area contributed by atoms with Crippen LogP contribution < -0.4 is 10.1 Å². The van der Waals surface area contributed by atoms with Gasteiger partial charge in [0.25, 0.3) is 5.91 Å². The second kappa shape index (κ2) is 5.81. The molecule has 0 radical (unpaired) electrons. The van der Waals surface area contributed by atoms with E-state index in [1.807, 2.05) is 18.2 Å². The number of rotatable bonds is 3. The van der Waals surface area contributed by atoms with Gasteiger partial charge in [0.15, 0.2) is 0 Å². The normalized spacial score (nSPS) is 12.2. The SMILES string of the molecule is COc1ccc2c(c1)CCc1c-2n[nH]c1C(=O)Nc1cccnc1. The molecule has 1 amide bonds. The van der Waals surface area contributed by atoms with E-state index in [9.17, 15) is 4.79 Å². The Morgan fingerprint density at radius 3 is 3.00 bits per heavy atom. The Balaban J connectivity index is 1.67. The molecule has 4 rings (SSSR count). The van der Waals surface area contributed by atoms with Crippen molar-refractivity contribution in [2.75, 3.05) is 12.4 Å². The van der Waals surface area contributed by atoms with Gasteiger partial charge in [0, 0.05) is 17.3 Å². The molecule has 2 heterocycles. The molecule has 0 saturated heterocycles. The summed E-state index contributed by atoms with van der Waals surface area (Å²) in [5.41, 5.74) is 5.20. The summed E-state index contributed by atoms with van der Waals surface area (Å²) in [4.78, 5) is 16.5. The highest BCUT2D eigenvalue weighted by molar-refractivity contribution is 6.05. The number of hydrogen-bond donors (Lipinski definition) is 2. The first-order valence-corrected chi connectivity index (χ1v) is 7.72. The van der Waals surface area contributed by atoms with Crippen molar-refractivity contribution in [1.82, 2.24) is 15.2 Å². The molecule has 2 N–H and O–H groups in total. The minimum atomic E-state index is -0.200. The Hall–Kier alpha value is -3.15. The Bertz CT molecular complexity index is 903. The molecule has 24 heavy (non-hydrogen) atoms. The Kier molecular flexibility index (Phi) is 3.49. The molecule has 3 aromatic rings. The standard InChI is InChI=1S/C18H16N4O2/c1-24-13-5-7-14-11(9-13)4-6-15-16(14)21-22-17(15)18(23)20-12-3-2-8-19-10-12/h2-3,5,7-10H,4,6H2,1H3,(H,20,23)(H,21,22). The van der Waals surface area contributed by atoms with Crippen molar-refractivity contribution >= 4 is 11.6 Å². The smallest absolute Gasteiger partial charge is 0.274 e. The van der Waals surface area contributed by atoms with Gasteiger partial charge in [-0.3, -0.25) is 14.9 Å². The van der Waals surface area contributed by atoms with Gasteiger partial charge in [0.05, 0.1) is 24.7 Å². The van der Waals surface area contributed by atoms with E-state index in [0.717, 1.165) is 35.4 Å². The van der Waals surface area contributed by atoms with E-state index in [2.05, 4.69) is 20.5 Å². The van der Waals surface area contributed by atoms with Crippen LogP contribution in [0.25, 0.3) is 11.3 Å². The van der Waals surface area contributed by atoms with Gasteiger partial charge in [-0.1, -0.05) is 0 Å². The van der Waals surface area contributed by atoms with Crippen LogP contribution in [0.4, 0.5) is 5.69 Å². The summed E-state index contributed by atoms with van der Waals surface area (Å²) < 4.78 is 5.28. The highest BCUT2D eigenvalue weighted by Crippen LogP contribution is 2.35. The Morgan fingerprint density at radius 1 is 1.29 bits per heavy atom. The third kappa shape index (κ3) is 2.42. The zero-order valence-electron chi connectivity index (χ0n) is 13.2. The maximum absolute atomic E-state index is 12.5. The fourth-order valence-corrected chi connectivity index (χ4v) is 3.04. The number of hydrogen-bond acceptors (Lipinski definition) is 4. The monoisotopic (exact) mass is 320 g/mol. The van der Waals surface area contributed by atoms with Crippen LogP contribution in [0, 0.1) is 0 Å². The van der Waals surface area contributed by atoms with Crippen molar-refractivity contribution in [2.24, 2.45) is 0 Å². The molecular formula is C18H16N4O2. The summed E-state index contributed by atoms with van der Waals surface area (Å²) in [7, 11) is 1.66. The van der Waals surface area contributed by atoms with Crippen LogP contribution in [0.5, 0.6) is 5.75 Å². The third-order valence-corrected chi connectivity index (χ3v) is 4.23. The molecule has 0 unspecified atom stereocenters. The minimum Gasteiger partial charge on any atom is -0.497 e. The fraction of sp³-hybridized carbons (Fsp3) is 0.167. The predicted molar refractivity (Wildman–Crippen MR) is 90.2 cm³/mol. The number of nitrogens with one attached hydrogen (secondary N) is 2. The number of carbonyl (C=O) groups excluding carboxylic acids is 1. The van der Waals surface area contributed by atoms with E-state index >= 15 is 0 Å². The number of ether oxygens (including phenoxy) is 1. The zero-order chi connectivity index (χ0) is 16.5. The lowest BCUT2D eigenvalue weighted by Gasteiger charge is -2.16. The van der Waals surface area contributed by atoms with E-state index in [1.165, 1.54) is 5.56 Å². The van der Waals surface area contributed by atoms with E-state index < -0.39 is 0 Å². The van der Waals surface area contributed by atoms with Crippen LogP contribution in [0.15, 0.2) is 42.7 Å². The Morgan fingerprint density at radius 2 is 2.21 bits per heavy atom. The van der Waals surface area contributed by atoms with Crippen LogP contribution >= 0.6 is 0 Å². The zero-order valence-corrected chi connectivity index (χ0v) is 13.2. The second-order valence-electron chi connectivity index (χ2n) is 5.64. The first-order chi connectivity index (χ1) is 11.8. The number of H-pyrrole nitrogens is 1. The molecule has 0 spiro atoms. The van der Waals surface area contributed by atoms with Crippen LogP contribution in [0.3, 0.4) is 0 Å². The quantitative estimate of drug-likeness (QED) is 0.777. The van der Waals surface area contributed by atoms with Crippen molar-refractivity contribution in [3.63, 3.8) is 0 Å². The Labute approximate surface area is 138 Å². The van der Waals surface area contributed by atoms with Crippen LogP contribution in [-0.4, -0.2) is 28.2 Å². The summed E-state index contributed by atoms with van der Waals surface area (Å²) in [6.07, 6.45) is 4.90. The highest BCUT2D eigenvalue weighted by atomic mass is 16.5. The van der Waals surface area contributed by atoms with Gasteiger partial charge in [0.1, 0.15) is 11.4 Å². The average Bonchev–Trinajstić information content (AvgIpc) is 3.06. The van der Waals surface area contributed by atoms with Crippen LogP contribution in [0.1, 0.15) is 21.6 Å².